The van der Waals surface area contributed by atoms with Crippen LogP contribution in [0.4, 0.5) is 0 Å². The van der Waals surface area contributed by atoms with Crippen LogP contribution in [0.2, 0.25) is 6.32 Å². The van der Waals surface area contributed by atoms with E-state index in [1.54, 1.807) is 12.2 Å². The summed E-state index contributed by atoms with van der Waals surface area (Å²) in [6.45, 7) is 1.00. The lowest BCUT2D eigenvalue weighted by atomic mass is 9.71. The van der Waals surface area contributed by atoms with Crippen molar-refractivity contribution in [3.63, 3.8) is 0 Å². The summed E-state index contributed by atoms with van der Waals surface area (Å²) < 4.78 is 11.3. The number of carbonyl (C=O) groups is 1. The molecule has 0 aromatic rings. The average Bonchev–Trinajstić information content (AvgIpc) is 2.54. The number of rotatable bonds is 6. The molecule has 2 heterocycles. The highest BCUT2D eigenvalue weighted by molar-refractivity contribution is 6.43. The van der Waals surface area contributed by atoms with Crippen LogP contribution in [0, 0.1) is 5.92 Å². The molecule has 9 heteroatoms. The first-order valence-corrected chi connectivity index (χ1v) is 8.44. The Morgan fingerprint density at radius 1 is 1.56 bits per heavy atom. The van der Waals surface area contributed by atoms with E-state index < -0.39 is 25.4 Å². The maximum Gasteiger partial charge on any atom is 0.454 e. The molecule has 0 bridgehead atoms. The van der Waals surface area contributed by atoms with Gasteiger partial charge in [-0.05, 0) is 25.0 Å². The van der Waals surface area contributed by atoms with Crippen molar-refractivity contribution in [3.05, 3.63) is 35.8 Å². The zero-order valence-corrected chi connectivity index (χ0v) is 13.8. The molecule has 5 N–H and O–H groups in total. The van der Waals surface area contributed by atoms with Gasteiger partial charge >= 0.3 is 13.1 Å². The number of likely N-dealkylation sites (tertiary alicyclic amines) is 1. The number of hydrogen-bond acceptors (Lipinski definition) is 7. The maximum absolute atomic E-state index is 11.7. The van der Waals surface area contributed by atoms with Crippen LogP contribution in [0.3, 0.4) is 0 Å². The number of nitrogens with two attached hydrogens (primary N) is 1. The summed E-state index contributed by atoms with van der Waals surface area (Å²) in [5.74, 6) is -0.902. The summed E-state index contributed by atoms with van der Waals surface area (Å²) in [6, 6.07) is 0. The molecule has 0 radical (unpaired) electrons. The fourth-order valence-corrected chi connectivity index (χ4v) is 3.39. The Hall–Kier alpha value is -1.81. The molecule has 3 aliphatic rings. The molecule has 136 valence electrons. The number of aliphatic hydroxyl groups is 1. The van der Waals surface area contributed by atoms with Crippen LogP contribution in [0.5, 0.6) is 0 Å². The maximum atomic E-state index is 11.7. The quantitative estimate of drug-likeness (QED) is 0.480. The van der Waals surface area contributed by atoms with Crippen LogP contribution in [0.1, 0.15) is 12.8 Å². The first-order valence-electron chi connectivity index (χ1n) is 8.44. The molecule has 0 aromatic carbocycles. The minimum absolute atomic E-state index is 0.0521. The summed E-state index contributed by atoms with van der Waals surface area (Å²) in [5.41, 5.74) is 5.31. The Kier molecular flexibility index (Phi) is 5.48. The zero-order chi connectivity index (χ0) is 18.0. The van der Waals surface area contributed by atoms with Gasteiger partial charge in [-0.15, -0.1) is 0 Å². The molecule has 2 saturated heterocycles. The second-order valence-electron chi connectivity index (χ2n) is 6.53. The highest BCUT2D eigenvalue weighted by Gasteiger charge is 2.42. The normalized spacial score (nSPS) is 28.8. The van der Waals surface area contributed by atoms with Gasteiger partial charge < -0.3 is 30.4 Å². The third kappa shape index (κ3) is 3.90. The van der Waals surface area contributed by atoms with Crippen LogP contribution < -0.4 is 5.73 Å². The number of hydrogen-bond donors (Lipinski definition) is 4. The number of carboxylic acid groups (broad SMARTS) is 1. The zero-order valence-electron chi connectivity index (χ0n) is 13.8. The molecule has 3 atom stereocenters. The van der Waals surface area contributed by atoms with E-state index in [0.29, 0.717) is 32.3 Å². The van der Waals surface area contributed by atoms with Gasteiger partial charge in [0.1, 0.15) is 23.7 Å². The molecule has 3 unspecified atom stereocenters. The topological polar surface area (TPSA) is 125 Å². The molecule has 0 aromatic heterocycles. The van der Waals surface area contributed by atoms with Gasteiger partial charge in [0, 0.05) is 25.4 Å². The van der Waals surface area contributed by atoms with Gasteiger partial charge in [-0.2, -0.15) is 0 Å². The van der Waals surface area contributed by atoms with Gasteiger partial charge in [0.25, 0.3) is 0 Å². The third-order valence-electron chi connectivity index (χ3n) is 4.79. The van der Waals surface area contributed by atoms with Crippen LogP contribution in [-0.4, -0.2) is 64.8 Å². The second kappa shape index (κ2) is 7.61. The van der Waals surface area contributed by atoms with Crippen molar-refractivity contribution >= 4 is 13.1 Å². The van der Waals surface area contributed by atoms with Gasteiger partial charge in [0.15, 0.2) is 0 Å². The smallest absolute Gasteiger partial charge is 0.454 e. The van der Waals surface area contributed by atoms with E-state index in [2.05, 4.69) is 0 Å². The van der Waals surface area contributed by atoms with Crippen LogP contribution in [0.15, 0.2) is 35.8 Å². The number of ether oxygens (including phenoxy) is 1. The Balaban J connectivity index is 1.64. The molecule has 0 saturated carbocycles. The lowest BCUT2D eigenvalue weighted by molar-refractivity contribution is -0.135. The summed E-state index contributed by atoms with van der Waals surface area (Å²) in [4.78, 5) is 13.5. The summed E-state index contributed by atoms with van der Waals surface area (Å²) in [6.07, 6.45) is 6.71. The standard InChI is InChI=1S/C16H23BN2O6/c18-7-1-2-13(20)19-8-11(9-19)24-12-4-3-10-5-6-17(23)25-15(10)14(12)16(21)22/h1,3-4,7,10-11,13,15,20,23H,2,5-6,8-9,18H2,(H,21,22)/b7-1+. The first kappa shape index (κ1) is 18.0. The van der Waals surface area contributed by atoms with Crippen molar-refractivity contribution in [1.29, 1.82) is 0 Å². The van der Waals surface area contributed by atoms with Crippen LogP contribution >= 0.6 is 0 Å². The van der Waals surface area contributed by atoms with E-state index in [-0.39, 0.29) is 23.4 Å². The summed E-state index contributed by atoms with van der Waals surface area (Å²) in [7, 11) is -0.951. The molecular formula is C16H23BN2O6. The fraction of sp³-hybridized carbons (Fsp3) is 0.562. The minimum atomic E-state index is -1.10. The summed E-state index contributed by atoms with van der Waals surface area (Å²) in [5, 5.41) is 29.2. The van der Waals surface area contributed by atoms with Crippen molar-refractivity contribution < 1.29 is 29.4 Å². The molecule has 3 rings (SSSR count). The Morgan fingerprint density at radius 2 is 2.32 bits per heavy atom. The van der Waals surface area contributed by atoms with E-state index in [1.807, 2.05) is 11.0 Å². The molecule has 8 nitrogen and oxygen atoms in total. The summed E-state index contributed by atoms with van der Waals surface area (Å²) >= 11 is 0. The van der Waals surface area contributed by atoms with Gasteiger partial charge in [-0.3, -0.25) is 4.90 Å². The van der Waals surface area contributed by atoms with E-state index >= 15 is 0 Å². The van der Waals surface area contributed by atoms with Gasteiger partial charge in [0.2, 0.25) is 0 Å². The van der Waals surface area contributed by atoms with E-state index in [0.717, 1.165) is 0 Å². The Bertz CT molecular complexity index is 601. The minimum Gasteiger partial charge on any atom is -0.487 e. The van der Waals surface area contributed by atoms with E-state index in [9.17, 15) is 20.0 Å². The number of allylic oxidation sites excluding steroid dienone is 1. The van der Waals surface area contributed by atoms with E-state index in [4.69, 9.17) is 15.1 Å². The number of aliphatic hydroxyl groups excluding tert-OH is 1. The van der Waals surface area contributed by atoms with Crippen molar-refractivity contribution in [1.82, 2.24) is 4.90 Å². The molecule has 25 heavy (non-hydrogen) atoms. The fourth-order valence-electron chi connectivity index (χ4n) is 3.39. The van der Waals surface area contributed by atoms with Crippen molar-refractivity contribution in [3.8, 4) is 0 Å². The monoisotopic (exact) mass is 350 g/mol. The highest BCUT2D eigenvalue weighted by Crippen LogP contribution is 2.36. The number of aliphatic carboxylic acids is 1. The van der Waals surface area contributed by atoms with Gasteiger partial charge in [-0.1, -0.05) is 12.2 Å². The Labute approximate surface area is 146 Å². The number of nitrogens with zero attached hydrogens (tertiary/aromatic N) is 1. The lowest BCUT2D eigenvalue weighted by Crippen LogP contribution is -2.56. The molecule has 1 aliphatic carbocycles. The van der Waals surface area contributed by atoms with Crippen molar-refractivity contribution in [2.75, 3.05) is 13.1 Å². The SMILES string of the molecule is N/C=C/CC(O)N1CC(OC2=C(C(=O)O)C3OB(O)CCC3C=C2)C1. The second-order valence-corrected chi connectivity index (χ2v) is 6.53. The van der Waals surface area contributed by atoms with Gasteiger partial charge in [0.05, 0.1) is 6.10 Å². The molecular weight excluding hydrogens is 327 g/mol. The molecule has 0 spiro atoms. The van der Waals surface area contributed by atoms with Crippen molar-refractivity contribution in [2.24, 2.45) is 11.7 Å². The highest BCUT2D eigenvalue weighted by atomic mass is 16.5. The third-order valence-corrected chi connectivity index (χ3v) is 4.79. The molecule has 2 fully saturated rings. The van der Waals surface area contributed by atoms with Crippen molar-refractivity contribution in [2.45, 2.75) is 37.6 Å². The average molecular weight is 350 g/mol. The Morgan fingerprint density at radius 3 is 3.00 bits per heavy atom. The number of fused-ring (bicyclic) bond motifs is 1. The molecule has 2 aliphatic heterocycles. The predicted octanol–water partition coefficient (Wildman–Crippen LogP) is -0.338. The van der Waals surface area contributed by atoms with Crippen LogP contribution in [0.25, 0.3) is 0 Å². The predicted molar refractivity (Wildman–Crippen MR) is 90.0 cm³/mol. The largest absolute Gasteiger partial charge is 0.487 e. The van der Waals surface area contributed by atoms with Gasteiger partial charge in [-0.25, -0.2) is 4.79 Å². The van der Waals surface area contributed by atoms with Crippen LogP contribution in [-0.2, 0) is 14.2 Å². The first-order chi connectivity index (χ1) is 12.0. The molecule has 0 amide bonds. The lowest BCUT2D eigenvalue weighted by Gasteiger charge is -2.43. The van der Waals surface area contributed by atoms with E-state index in [1.165, 1.54) is 6.20 Å². The number of carboxylic acids is 1.